The zero-order valence-electron chi connectivity index (χ0n) is 17.6. The SMILES string of the molecule is CCS(=O)C1CCCC(NC(=NC)NCc2ccc(N3CCSCC3)cc2)C1.I. The van der Waals surface area contributed by atoms with Gasteiger partial charge in [0, 0.05) is 71.7 Å². The van der Waals surface area contributed by atoms with E-state index in [4.69, 9.17) is 0 Å². The average Bonchev–Trinajstić information content (AvgIpc) is 2.77. The maximum Gasteiger partial charge on any atom is 0.191 e. The molecule has 2 aliphatic rings. The Morgan fingerprint density at radius 2 is 1.97 bits per heavy atom. The van der Waals surface area contributed by atoms with Gasteiger partial charge in [0.05, 0.1) is 0 Å². The van der Waals surface area contributed by atoms with Crippen molar-refractivity contribution in [2.75, 3.05) is 42.3 Å². The summed E-state index contributed by atoms with van der Waals surface area (Å²) in [7, 11) is 1.12. The number of benzene rings is 1. The number of guanidine groups is 1. The summed E-state index contributed by atoms with van der Waals surface area (Å²) in [4.78, 5) is 6.85. The van der Waals surface area contributed by atoms with Crippen molar-refractivity contribution in [1.82, 2.24) is 10.6 Å². The molecule has 1 aliphatic carbocycles. The summed E-state index contributed by atoms with van der Waals surface area (Å²) >= 11 is 2.04. The fourth-order valence-corrected chi connectivity index (χ4v) is 6.22. The maximum atomic E-state index is 12.2. The summed E-state index contributed by atoms with van der Waals surface area (Å²) in [5.74, 6) is 4.04. The van der Waals surface area contributed by atoms with Crippen molar-refractivity contribution in [1.29, 1.82) is 0 Å². The largest absolute Gasteiger partial charge is 0.370 e. The van der Waals surface area contributed by atoms with E-state index in [1.165, 1.54) is 22.8 Å². The number of nitrogens with zero attached hydrogens (tertiary/aromatic N) is 2. The van der Waals surface area contributed by atoms with Crippen LogP contribution in [-0.2, 0) is 17.3 Å². The van der Waals surface area contributed by atoms with Crippen molar-refractivity contribution in [3.63, 3.8) is 0 Å². The van der Waals surface area contributed by atoms with Gasteiger partial charge in [0.1, 0.15) is 0 Å². The normalized spacial score (nSPS) is 23.8. The molecule has 8 heteroatoms. The van der Waals surface area contributed by atoms with Gasteiger partial charge < -0.3 is 15.5 Å². The van der Waals surface area contributed by atoms with E-state index in [0.29, 0.717) is 11.3 Å². The summed E-state index contributed by atoms with van der Waals surface area (Å²) in [6.07, 6.45) is 4.33. The molecule has 3 unspecified atom stereocenters. The van der Waals surface area contributed by atoms with Gasteiger partial charge in [0.2, 0.25) is 0 Å². The summed E-state index contributed by atoms with van der Waals surface area (Å²) in [6.45, 7) is 5.06. The molecule has 2 N–H and O–H groups in total. The van der Waals surface area contributed by atoms with Crippen LogP contribution in [0.1, 0.15) is 38.2 Å². The van der Waals surface area contributed by atoms with Gasteiger partial charge in [0.25, 0.3) is 0 Å². The Balaban J connectivity index is 0.00000300. The highest BCUT2D eigenvalue weighted by Crippen LogP contribution is 2.23. The lowest BCUT2D eigenvalue weighted by atomic mass is 9.95. The van der Waals surface area contributed by atoms with Crippen molar-refractivity contribution < 1.29 is 4.21 Å². The average molecular weight is 551 g/mol. The van der Waals surface area contributed by atoms with E-state index in [-0.39, 0.29) is 24.0 Å². The van der Waals surface area contributed by atoms with E-state index in [1.807, 2.05) is 25.7 Å². The highest BCUT2D eigenvalue weighted by molar-refractivity contribution is 14.0. The van der Waals surface area contributed by atoms with Gasteiger partial charge in [-0.05, 0) is 37.0 Å². The topological polar surface area (TPSA) is 56.7 Å². The molecule has 164 valence electrons. The second kappa shape index (κ2) is 13.0. The second-order valence-corrected chi connectivity index (χ2v) is 10.7. The van der Waals surface area contributed by atoms with E-state index in [0.717, 1.165) is 57.0 Å². The molecular formula is C21H35IN4OS2. The quantitative estimate of drug-likeness (QED) is 0.322. The molecule has 0 amide bonds. The molecule has 3 atom stereocenters. The fraction of sp³-hybridized carbons (Fsp3) is 0.667. The number of halogens is 1. The fourth-order valence-electron chi connectivity index (χ4n) is 3.97. The highest BCUT2D eigenvalue weighted by Gasteiger charge is 2.26. The van der Waals surface area contributed by atoms with Gasteiger partial charge in [-0.15, -0.1) is 24.0 Å². The van der Waals surface area contributed by atoms with Crippen LogP contribution in [0.2, 0.25) is 0 Å². The first-order valence-electron chi connectivity index (χ1n) is 10.5. The molecule has 2 fully saturated rings. The Morgan fingerprint density at radius 3 is 2.62 bits per heavy atom. The number of anilines is 1. The lowest BCUT2D eigenvalue weighted by Crippen LogP contribution is -2.46. The van der Waals surface area contributed by atoms with E-state index in [1.54, 1.807) is 0 Å². The third kappa shape index (κ3) is 7.61. The first-order valence-corrected chi connectivity index (χ1v) is 13.0. The van der Waals surface area contributed by atoms with E-state index in [2.05, 4.69) is 44.8 Å². The number of hydrogen-bond acceptors (Lipinski definition) is 4. The van der Waals surface area contributed by atoms with Crippen LogP contribution in [0.25, 0.3) is 0 Å². The minimum atomic E-state index is -0.695. The molecule has 29 heavy (non-hydrogen) atoms. The van der Waals surface area contributed by atoms with Crippen LogP contribution in [0.3, 0.4) is 0 Å². The van der Waals surface area contributed by atoms with Gasteiger partial charge in [-0.2, -0.15) is 11.8 Å². The third-order valence-corrected chi connectivity index (χ3v) is 8.30. The molecule has 1 saturated heterocycles. The molecule has 1 aliphatic heterocycles. The summed E-state index contributed by atoms with van der Waals surface area (Å²) in [5.41, 5.74) is 2.58. The van der Waals surface area contributed by atoms with Crippen LogP contribution in [0.4, 0.5) is 5.69 Å². The Hall–Kier alpha value is -0.480. The second-order valence-electron chi connectivity index (χ2n) is 7.49. The van der Waals surface area contributed by atoms with Crippen molar-refractivity contribution in [2.24, 2.45) is 4.99 Å². The predicted octanol–water partition coefficient (Wildman–Crippen LogP) is 3.60. The van der Waals surface area contributed by atoms with Crippen LogP contribution in [0, 0.1) is 0 Å². The zero-order chi connectivity index (χ0) is 19.8. The monoisotopic (exact) mass is 550 g/mol. The minimum Gasteiger partial charge on any atom is -0.370 e. The number of thioether (sulfide) groups is 1. The van der Waals surface area contributed by atoms with Crippen molar-refractivity contribution in [3.05, 3.63) is 29.8 Å². The lowest BCUT2D eigenvalue weighted by molar-refractivity contribution is 0.413. The number of aliphatic imine (C=N–C) groups is 1. The molecule has 0 spiro atoms. The predicted molar refractivity (Wildman–Crippen MR) is 139 cm³/mol. The Labute approximate surface area is 199 Å². The molecule has 5 nitrogen and oxygen atoms in total. The summed E-state index contributed by atoms with van der Waals surface area (Å²) < 4.78 is 12.2. The molecule has 3 rings (SSSR count). The number of nitrogens with one attached hydrogen (secondary N) is 2. The first kappa shape index (κ1) is 24.8. The first-order chi connectivity index (χ1) is 13.7. The van der Waals surface area contributed by atoms with Crippen LogP contribution in [0.15, 0.2) is 29.3 Å². The van der Waals surface area contributed by atoms with Crippen molar-refractivity contribution in [2.45, 2.75) is 50.4 Å². The van der Waals surface area contributed by atoms with Crippen LogP contribution in [-0.4, -0.2) is 58.9 Å². The summed E-state index contributed by atoms with van der Waals surface area (Å²) in [6, 6.07) is 9.24. The zero-order valence-corrected chi connectivity index (χ0v) is 21.5. The Morgan fingerprint density at radius 1 is 1.24 bits per heavy atom. The van der Waals surface area contributed by atoms with Crippen molar-refractivity contribution >= 4 is 58.2 Å². The van der Waals surface area contributed by atoms with Gasteiger partial charge in [0.15, 0.2) is 5.96 Å². The van der Waals surface area contributed by atoms with Gasteiger partial charge >= 0.3 is 0 Å². The molecule has 0 aromatic heterocycles. The Kier molecular flexibility index (Phi) is 11.1. The lowest BCUT2D eigenvalue weighted by Gasteiger charge is -2.30. The van der Waals surface area contributed by atoms with Gasteiger partial charge in [-0.1, -0.05) is 25.5 Å². The van der Waals surface area contributed by atoms with Gasteiger partial charge in [-0.25, -0.2) is 0 Å². The van der Waals surface area contributed by atoms with Crippen LogP contribution >= 0.6 is 35.7 Å². The molecule has 1 aromatic rings. The number of rotatable bonds is 6. The molecule has 1 heterocycles. The molecule has 0 radical (unpaired) electrons. The smallest absolute Gasteiger partial charge is 0.191 e. The molecular weight excluding hydrogens is 515 g/mol. The van der Waals surface area contributed by atoms with Crippen LogP contribution in [0.5, 0.6) is 0 Å². The third-order valence-electron chi connectivity index (χ3n) is 5.62. The minimum absolute atomic E-state index is 0. The number of hydrogen-bond donors (Lipinski definition) is 2. The van der Waals surface area contributed by atoms with E-state index < -0.39 is 10.8 Å². The van der Waals surface area contributed by atoms with Crippen molar-refractivity contribution in [3.8, 4) is 0 Å². The highest BCUT2D eigenvalue weighted by atomic mass is 127. The van der Waals surface area contributed by atoms with E-state index >= 15 is 0 Å². The molecule has 1 saturated carbocycles. The Bertz CT molecular complexity index is 665. The maximum absolute atomic E-state index is 12.2. The van der Waals surface area contributed by atoms with E-state index in [9.17, 15) is 4.21 Å². The molecule has 0 bridgehead atoms. The summed E-state index contributed by atoms with van der Waals surface area (Å²) in [5, 5.41) is 7.31. The standard InChI is InChI=1S/C21H34N4OS2.HI/c1-3-28(26)20-6-4-5-18(15-20)24-21(22-2)23-16-17-7-9-19(10-8-17)25-11-13-27-14-12-25;/h7-10,18,20H,3-6,11-16H2,1-2H3,(H2,22,23,24);1H. The van der Waals surface area contributed by atoms with Crippen LogP contribution < -0.4 is 15.5 Å². The molecule has 1 aromatic carbocycles. The van der Waals surface area contributed by atoms with Gasteiger partial charge in [-0.3, -0.25) is 9.20 Å².